The Balaban J connectivity index is 1.95. The van der Waals surface area contributed by atoms with Gasteiger partial charge in [0.25, 0.3) is 0 Å². The van der Waals surface area contributed by atoms with Crippen molar-refractivity contribution in [3.8, 4) is 11.5 Å². The number of hydrogen-bond acceptors (Lipinski definition) is 4. The third kappa shape index (κ3) is 4.63. The summed E-state index contributed by atoms with van der Waals surface area (Å²) in [6.07, 6.45) is 1.66. The Morgan fingerprint density at radius 2 is 2.00 bits per heavy atom. The van der Waals surface area contributed by atoms with Crippen molar-refractivity contribution in [1.82, 2.24) is 15.5 Å². The van der Waals surface area contributed by atoms with Crippen molar-refractivity contribution in [3.63, 3.8) is 0 Å². The molecule has 0 aliphatic heterocycles. The van der Waals surface area contributed by atoms with Gasteiger partial charge in [-0.2, -0.15) is 0 Å². The Hall–Kier alpha value is -1.75. The molecule has 114 valence electrons. The van der Waals surface area contributed by atoms with Crippen LogP contribution >= 0.6 is 0 Å². The Morgan fingerprint density at radius 3 is 2.67 bits per heavy atom. The predicted molar refractivity (Wildman–Crippen MR) is 80.5 cm³/mol. The third-order valence-corrected chi connectivity index (χ3v) is 3.11. The molecule has 0 saturated carbocycles. The molecule has 2 rings (SSSR count). The van der Waals surface area contributed by atoms with E-state index in [1.54, 1.807) is 6.07 Å². The molecule has 5 heteroatoms. The summed E-state index contributed by atoms with van der Waals surface area (Å²) in [4.78, 5) is 0. The highest BCUT2D eigenvalue weighted by Crippen LogP contribution is 2.23. The van der Waals surface area contributed by atoms with Gasteiger partial charge < -0.3 is 9.73 Å². The summed E-state index contributed by atoms with van der Waals surface area (Å²) in [5.74, 6) is 0.806. The summed E-state index contributed by atoms with van der Waals surface area (Å²) in [5, 5.41) is 11.5. The first kappa shape index (κ1) is 15.6. The number of aryl methyl sites for hydroxylation is 2. The number of aromatic nitrogens is 2. The van der Waals surface area contributed by atoms with E-state index >= 15 is 0 Å². The minimum atomic E-state index is -0.260. The number of benzene rings is 1. The largest absolute Gasteiger partial charge is 0.421 e. The molecule has 1 N–H and O–H groups in total. The Kier molecular flexibility index (Phi) is 4.73. The quantitative estimate of drug-likeness (QED) is 0.857. The number of nitrogens with zero attached hydrogens (tertiary/aromatic N) is 2. The predicted octanol–water partition coefficient (Wildman–Crippen LogP) is 3.50. The molecule has 4 nitrogen and oxygen atoms in total. The van der Waals surface area contributed by atoms with Gasteiger partial charge in [-0.05, 0) is 64.4 Å². The fourth-order valence-electron chi connectivity index (χ4n) is 2.03. The van der Waals surface area contributed by atoms with E-state index in [4.69, 9.17) is 4.42 Å². The molecule has 0 bridgehead atoms. The van der Waals surface area contributed by atoms with E-state index in [9.17, 15) is 4.39 Å². The molecule has 1 heterocycles. The summed E-state index contributed by atoms with van der Waals surface area (Å²) in [7, 11) is 0. The van der Waals surface area contributed by atoms with Gasteiger partial charge in [0.1, 0.15) is 5.82 Å². The summed E-state index contributed by atoms with van der Waals surface area (Å²) < 4.78 is 18.7. The zero-order chi connectivity index (χ0) is 15.5. The van der Waals surface area contributed by atoms with Crippen molar-refractivity contribution in [1.29, 1.82) is 0 Å². The lowest BCUT2D eigenvalue weighted by atomic mass is 10.1. The highest BCUT2D eigenvalue weighted by atomic mass is 19.1. The van der Waals surface area contributed by atoms with Crippen LogP contribution in [0.4, 0.5) is 4.39 Å². The van der Waals surface area contributed by atoms with Gasteiger partial charge in [-0.3, -0.25) is 0 Å². The number of nitrogens with one attached hydrogen (secondary N) is 1. The highest BCUT2D eigenvalue weighted by Gasteiger charge is 2.12. The van der Waals surface area contributed by atoms with Crippen LogP contribution in [0.1, 0.15) is 38.6 Å². The first-order chi connectivity index (χ1) is 9.85. The molecule has 0 amide bonds. The highest BCUT2D eigenvalue weighted by molar-refractivity contribution is 5.57. The van der Waals surface area contributed by atoms with Crippen LogP contribution < -0.4 is 5.32 Å². The van der Waals surface area contributed by atoms with Gasteiger partial charge in [0.15, 0.2) is 0 Å². The Labute approximate surface area is 124 Å². The zero-order valence-electron chi connectivity index (χ0n) is 13.0. The van der Waals surface area contributed by atoms with Gasteiger partial charge in [0.2, 0.25) is 11.8 Å². The summed E-state index contributed by atoms with van der Waals surface area (Å²) in [5.41, 5.74) is 1.69. The first-order valence-electron chi connectivity index (χ1n) is 7.19. The number of hydrogen-bond donors (Lipinski definition) is 1. The minimum absolute atomic E-state index is 0.116. The first-order valence-corrected chi connectivity index (χ1v) is 7.19. The molecule has 0 aliphatic carbocycles. The molecule has 1 aromatic heterocycles. The van der Waals surface area contributed by atoms with Crippen molar-refractivity contribution in [3.05, 3.63) is 35.5 Å². The second-order valence-electron chi connectivity index (χ2n) is 6.24. The van der Waals surface area contributed by atoms with E-state index in [0.29, 0.717) is 11.8 Å². The molecule has 0 saturated heterocycles. The normalized spacial score (nSPS) is 11.9. The monoisotopic (exact) mass is 291 g/mol. The van der Waals surface area contributed by atoms with Gasteiger partial charge in [-0.1, -0.05) is 0 Å². The van der Waals surface area contributed by atoms with Crippen LogP contribution in [0.25, 0.3) is 11.5 Å². The minimum Gasteiger partial charge on any atom is -0.421 e. The molecule has 0 fully saturated rings. The average Bonchev–Trinajstić information content (AvgIpc) is 2.82. The van der Waals surface area contributed by atoms with E-state index in [0.717, 1.165) is 30.5 Å². The van der Waals surface area contributed by atoms with Crippen LogP contribution in [0, 0.1) is 12.7 Å². The lowest BCUT2D eigenvalue weighted by Gasteiger charge is -2.19. The van der Waals surface area contributed by atoms with Gasteiger partial charge in [-0.25, -0.2) is 4.39 Å². The van der Waals surface area contributed by atoms with Crippen LogP contribution in [0.2, 0.25) is 0 Å². The van der Waals surface area contributed by atoms with E-state index in [2.05, 4.69) is 36.3 Å². The van der Waals surface area contributed by atoms with E-state index in [1.165, 1.54) is 12.1 Å². The van der Waals surface area contributed by atoms with Gasteiger partial charge in [0, 0.05) is 17.5 Å². The van der Waals surface area contributed by atoms with E-state index in [1.807, 2.05) is 6.92 Å². The third-order valence-electron chi connectivity index (χ3n) is 3.11. The van der Waals surface area contributed by atoms with Crippen LogP contribution in [0.5, 0.6) is 0 Å². The fraction of sp³-hybridized carbons (Fsp3) is 0.500. The smallest absolute Gasteiger partial charge is 0.248 e. The summed E-state index contributed by atoms with van der Waals surface area (Å²) >= 11 is 0. The molecule has 0 aliphatic rings. The van der Waals surface area contributed by atoms with Gasteiger partial charge >= 0.3 is 0 Å². The van der Waals surface area contributed by atoms with Crippen molar-refractivity contribution in [2.75, 3.05) is 6.54 Å². The maximum atomic E-state index is 13.1. The SMILES string of the molecule is Cc1cc(F)ccc1-c1nnc(CCCNC(C)(C)C)o1. The standard InChI is InChI=1S/C16H22FN3O/c1-11-10-12(17)7-8-13(11)15-20-19-14(21-15)6-5-9-18-16(2,3)4/h7-8,10,18H,5-6,9H2,1-4H3. The molecule has 0 unspecified atom stereocenters. The Bertz CT molecular complexity index is 602. The zero-order valence-corrected chi connectivity index (χ0v) is 13.0. The second kappa shape index (κ2) is 6.35. The maximum Gasteiger partial charge on any atom is 0.248 e. The van der Waals surface area contributed by atoms with Crippen LogP contribution in [0.15, 0.2) is 22.6 Å². The fourth-order valence-corrected chi connectivity index (χ4v) is 2.03. The molecule has 0 spiro atoms. The number of rotatable bonds is 5. The Morgan fingerprint density at radius 1 is 1.24 bits per heavy atom. The molecule has 2 aromatic rings. The maximum absolute atomic E-state index is 13.1. The van der Waals surface area contributed by atoms with Crippen molar-refractivity contribution in [2.45, 2.75) is 46.1 Å². The number of halogens is 1. The van der Waals surface area contributed by atoms with E-state index in [-0.39, 0.29) is 11.4 Å². The lowest BCUT2D eigenvalue weighted by molar-refractivity contribution is 0.412. The van der Waals surface area contributed by atoms with E-state index < -0.39 is 0 Å². The average molecular weight is 291 g/mol. The van der Waals surface area contributed by atoms with Gasteiger partial charge in [0.05, 0.1) is 0 Å². The van der Waals surface area contributed by atoms with Crippen LogP contribution in [-0.4, -0.2) is 22.3 Å². The molecular weight excluding hydrogens is 269 g/mol. The van der Waals surface area contributed by atoms with Crippen molar-refractivity contribution < 1.29 is 8.81 Å². The summed E-state index contributed by atoms with van der Waals surface area (Å²) in [6, 6.07) is 4.54. The molecule has 1 aromatic carbocycles. The molecule has 0 atom stereocenters. The topological polar surface area (TPSA) is 51.0 Å². The summed E-state index contributed by atoms with van der Waals surface area (Å²) in [6.45, 7) is 9.13. The molecule has 0 radical (unpaired) electrons. The van der Waals surface area contributed by atoms with Crippen LogP contribution in [0.3, 0.4) is 0 Å². The van der Waals surface area contributed by atoms with Crippen LogP contribution in [-0.2, 0) is 6.42 Å². The lowest BCUT2D eigenvalue weighted by Crippen LogP contribution is -2.36. The van der Waals surface area contributed by atoms with Gasteiger partial charge in [-0.15, -0.1) is 10.2 Å². The molecular formula is C16H22FN3O. The van der Waals surface area contributed by atoms with Crippen molar-refractivity contribution in [2.24, 2.45) is 0 Å². The molecule has 21 heavy (non-hydrogen) atoms. The van der Waals surface area contributed by atoms with Crippen molar-refractivity contribution >= 4 is 0 Å². The second-order valence-corrected chi connectivity index (χ2v) is 6.24.